The van der Waals surface area contributed by atoms with E-state index in [1.54, 1.807) is 12.1 Å². The quantitative estimate of drug-likeness (QED) is 0.580. The normalized spacial score (nSPS) is 9.95. The van der Waals surface area contributed by atoms with Crippen molar-refractivity contribution in [3.63, 3.8) is 0 Å². The lowest BCUT2D eigenvalue weighted by Crippen LogP contribution is -2.39. The molecule has 0 radical (unpaired) electrons. The Bertz CT molecular complexity index is 515. The Morgan fingerprint density at radius 3 is 2.48 bits per heavy atom. The predicted molar refractivity (Wildman–Crippen MR) is 75.1 cm³/mol. The number of carbonyl (C=O) groups is 2. The second kappa shape index (κ2) is 7.83. The summed E-state index contributed by atoms with van der Waals surface area (Å²) in [5, 5.41) is 21.7. The molecule has 8 nitrogen and oxygen atoms in total. The van der Waals surface area contributed by atoms with Crippen LogP contribution in [-0.4, -0.2) is 47.1 Å². The highest BCUT2D eigenvalue weighted by Crippen LogP contribution is 2.11. The number of nitro groups is 1. The van der Waals surface area contributed by atoms with Gasteiger partial charge in [0.25, 0.3) is 5.69 Å². The minimum absolute atomic E-state index is 0.0242. The molecule has 1 rings (SSSR count). The molecule has 0 bridgehead atoms. The standard InChI is InChI=1S/C13H17N3O5/c1-15(9-7-12(17)18)13(19)14-8-6-10-2-4-11(5-3-10)16(20)21/h2-5H,6-9H2,1H3,(H,14,19)(H,17,18). The average molecular weight is 295 g/mol. The van der Waals surface area contributed by atoms with Crippen molar-refractivity contribution in [2.45, 2.75) is 12.8 Å². The molecule has 0 aromatic heterocycles. The number of hydrogen-bond acceptors (Lipinski definition) is 4. The van der Waals surface area contributed by atoms with Gasteiger partial charge in [-0.25, -0.2) is 4.79 Å². The summed E-state index contributed by atoms with van der Waals surface area (Å²) >= 11 is 0. The number of rotatable bonds is 7. The lowest BCUT2D eigenvalue weighted by Gasteiger charge is -2.16. The monoisotopic (exact) mass is 295 g/mol. The van der Waals surface area contributed by atoms with Crippen LogP contribution < -0.4 is 5.32 Å². The summed E-state index contributed by atoms with van der Waals surface area (Å²) < 4.78 is 0. The van der Waals surface area contributed by atoms with Gasteiger partial charge in [-0.15, -0.1) is 0 Å². The molecule has 1 aromatic carbocycles. The van der Waals surface area contributed by atoms with Crippen molar-refractivity contribution >= 4 is 17.7 Å². The van der Waals surface area contributed by atoms with Crippen LogP contribution in [0, 0.1) is 10.1 Å². The number of carbonyl (C=O) groups excluding carboxylic acids is 1. The van der Waals surface area contributed by atoms with E-state index in [1.807, 2.05) is 0 Å². The second-order valence-corrected chi connectivity index (χ2v) is 4.47. The topological polar surface area (TPSA) is 113 Å². The van der Waals surface area contributed by atoms with Crippen LogP contribution in [0.4, 0.5) is 10.5 Å². The average Bonchev–Trinajstić information content (AvgIpc) is 2.45. The van der Waals surface area contributed by atoms with Gasteiger partial charge in [-0.3, -0.25) is 14.9 Å². The summed E-state index contributed by atoms with van der Waals surface area (Å²) in [6, 6.07) is 5.75. The maximum atomic E-state index is 11.6. The van der Waals surface area contributed by atoms with Crippen molar-refractivity contribution in [3.8, 4) is 0 Å². The van der Waals surface area contributed by atoms with Crippen LogP contribution in [-0.2, 0) is 11.2 Å². The van der Waals surface area contributed by atoms with Crippen molar-refractivity contribution < 1.29 is 19.6 Å². The fourth-order valence-electron chi connectivity index (χ4n) is 1.60. The van der Waals surface area contributed by atoms with Gasteiger partial charge in [-0.05, 0) is 12.0 Å². The third kappa shape index (κ3) is 5.89. The molecule has 0 saturated carbocycles. The van der Waals surface area contributed by atoms with E-state index in [4.69, 9.17) is 5.11 Å². The number of nitrogens with zero attached hydrogens (tertiary/aromatic N) is 2. The molecule has 0 unspecified atom stereocenters. The van der Waals surface area contributed by atoms with Gasteiger partial charge in [0.15, 0.2) is 0 Å². The molecular weight excluding hydrogens is 278 g/mol. The zero-order valence-corrected chi connectivity index (χ0v) is 11.6. The van der Waals surface area contributed by atoms with E-state index in [2.05, 4.69) is 5.32 Å². The van der Waals surface area contributed by atoms with E-state index in [-0.39, 0.29) is 24.7 Å². The molecule has 8 heteroatoms. The molecule has 1 aromatic rings. The molecule has 0 aliphatic rings. The Balaban J connectivity index is 2.34. The van der Waals surface area contributed by atoms with Crippen LogP contribution in [0.15, 0.2) is 24.3 Å². The van der Waals surface area contributed by atoms with Crippen molar-refractivity contribution in [2.24, 2.45) is 0 Å². The zero-order chi connectivity index (χ0) is 15.8. The molecule has 0 aliphatic heterocycles. The molecule has 0 aliphatic carbocycles. The molecule has 0 atom stereocenters. The van der Waals surface area contributed by atoms with E-state index in [1.165, 1.54) is 24.1 Å². The van der Waals surface area contributed by atoms with E-state index in [9.17, 15) is 19.7 Å². The first-order valence-corrected chi connectivity index (χ1v) is 6.34. The Morgan fingerprint density at radius 1 is 1.33 bits per heavy atom. The number of non-ortho nitro benzene ring substituents is 1. The largest absolute Gasteiger partial charge is 0.481 e. The Kier molecular flexibility index (Phi) is 6.12. The van der Waals surface area contributed by atoms with Crippen molar-refractivity contribution in [3.05, 3.63) is 39.9 Å². The molecule has 2 amide bonds. The first kappa shape index (κ1) is 16.4. The highest BCUT2D eigenvalue weighted by atomic mass is 16.6. The van der Waals surface area contributed by atoms with Gasteiger partial charge >= 0.3 is 12.0 Å². The highest BCUT2D eigenvalue weighted by molar-refractivity contribution is 5.74. The van der Waals surface area contributed by atoms with E-state index < -0.39 is 10.9 Å². The number of carboxylic acids is 1. The minimum Gasteiger partial charge on any atom is -0.481 e. The molecule has 2 N–H and O–H groups in total. The summed E-state index contributed by atoms with van der Waals surface area (Å²) in [6.45, 7) is 0.507. The summed E-state index contributed by atoms with van der Waals surface area (Å²) in [5.41, 5.74) is 0.894. The summed E-state index contributed by atoms with van der Waals surface area (Å²) in [7, 11) is 1.52. The maximum Gasteiger partial charge on any atom is 0.317 e. The number of nitro benzene ring substituents is 1. The predicted octanol–water partition coefficient (Wildman–Crippen LogP) is 1.25. The van der Waals surface area contributed by atoms with Crippen LogP contribution in [0.3, 0.4) is 0 Å². The van der Waals surface area contributed by atoms with Gasteiger partial charge < -0.3 is 15.3 Å². The second-order valence-electron chi connectivity index (χ2n) is 4.47. The molecule has 0 fully saturated rings. The van der Waals surface area contributed by atoms with Crippen molar-refractivity contribution in [1.29, 1.82) is 0 Å². The molecule has 21 heavy (non-hydrogen) atoms. The third-order valence-electron chi connectivity index (χ3n) is 2.84. The molecule has 114 valence electrons. The summed E-state index contributed by atoms with van der Waals surface area (Å²) in [4.78, 5) is 33.3. The van der Waals surface area contributed by atoms with Crippen LogP contribution in [0.1, 0.15) is 12.0 Å². The Labute approximate surface area is 121 Å². The Hall–Kier alpha value is -2.64. The summed E-state index contributed by atoms with van der Waals surface area (Å²) in [6.07, 6.45) is 0.433. The number of urea groups is 1. The van der Waals surface area contributed by atoms with Gasteiger partial charge in [-0.2, -0.15) is 0 Å². The first-order valence-electron chi connectivity index (χ1n) is 6.34. The molecular formula is C13H17N3O5. The van der Waals surface area contributed by atoms with E-state index in [0.717, 1.165) is 5.56 Å². The lowest BCUT2D eigenvalue weighted by molar-refractivity contribution is -0.384. The van der Waals surface area contributed by atoms with Crippen LogP contribution >= 0.6 is 0 Å². The Morgan fingerprint density at radius 2 is 1.95 bits per heavy atom. The number of nitrogens with one attached hydrogen (secondary N) is 1. The summed E-state index contributed by atoms with van der Waals surface area (Å²) in [5.74, 6) is -0.958. The molecule has 0 heterocycles. The number of benzene rings is 1. The van der Waals surface area contributed by atoms with Gasteiger partial charge in [0.2, 0.25) is 0 Å². The third-order valence-corrected chi connectivity index (χ3v) is 2.84. The van der Waals surface area contributed by atoms with Crippen molar-refractivity contribution in [2.75, 3.05) is 20.1 Å². The van der Waals surface area contributed by atoms with Gasteiger partial charge in [0, 0.05) is 32.3 Å². The maximum absolute atomic E-state index is 11.6. The lowest BCUT2D eigenvalue weighted by atomic mass is 10.1. The van der Waals surface area contributed by atoms with Crippen LogP contribution in [0.25, 0.3) is 0 Å². The SMILES string of the molecule is CN(CCC(=O)O)C(=O)NCCc1ccc([N+](=O)[O-])cc1. The van der Waals surface area contributed by atoms with Crippen molar-refractivity contribution in [1.82, 2.24) is 10.2 Å². The van der Waals surface area contributed by atoms with Crippen LogP contribution in [0.5, 0.6) is 0 Å². The van der Waals surface area contributed by atoms with Gasteiger partial charge in [-0.1, -0.05) is 12.1 Å². The van der Waals surface area contributed by atoms with Gasteiger partial charge in [0.1, 0.15) is 0 Å². The number of hydrogen-bond donors (Lipinski definition) is 2. The van der Waals surface area contributed by atoms with E-state index in [0.29, 0.717) is 13.0 Å². The zero-order valence-electron chi connectivity index (χ0n) is 11.6. The first-order chi connectivity index (χ1) is 9.90. The number of amides is 2. The molecule has 0 spiro atoms. The van der Waals surface area contributed by atoms with Crippen LogP contribution in [0.2, 0.25) is 0 Å². The number of carboxylic acid groups (broad SMARTS) is 1. The fourth-order valence-corrected chi connectivity index (χ4v) is 1.60. The fraction of sp³-hybridized carbons (Fsp3) is 0.385. The minimum atomic E-state index is -0.958. The van der Waals surface area contributed by atoms with Gasteiger partial charge in [0.05, 0.1) is 11.3 Å². The highest BCUT2D eigenvalue weighted by Gasteiger charge is 2.09. The molecule has 0 saturated heterocycles. The number of aliphatic carboxylic acids is 1. The van der Waals surface area contributed by atoms with E-state index >= 15 is 0 Å². The smallest absolute Gasteiger partial charge is 0.317 e.